The molecule has 0 spiro atoms. The molecule has 2 rings (SSSR count). The number of nitrogens with two attached hydrogens (primary N) is 1. The Morgan fingerprint density at radius 2 is 1.41 bits per heavy atom. The second-order valence-corrected chi connectivity index (χ2v) is 6.04. The average molecular weight is 375 g/mol. The van der Waals surface area contributed by atoms with Gasteiger partial charge in [0, 0.05) is 6.42 Å². The van der Waals surface area contributed by atoms with E-state index >= 15 is 0 Å². The van der Waals surface area contributed by atoms with Gasteiger partial charge in [0.15, 0.2) is 0 Å². The molecular weight excluding hydrogens is 354 g/mol. The number of carbonyl (C=O) groups is 5. The summed E-state index contributed by atoms with van der Waals surface area (Å²) in [4.78, 5) is 59.6. The maximum atomic E-state index is 12.4. The van der Waals surface area contributed by atoms with Gasteiger partial charge < -0.3 is 27.0 Å². The number of hydrogen-bond acceptors (Lipinski definition) is 5. The van der Waals surface area contributed by atoms with Crippen LogP contribution in [0, 0.1) is 0 Å². The molecule has 1 aliphatic rings. The van der Waals surface area contributed by atoms with Gasteiger partial charge in [0.25, 0.3) is 0 Å². The van der Waals surface area contributed by atoms with E-state index in [1.807, 2.05) is 6.07 Å². The van der Waals surface area contributed by atoms with Gasteiger partial charge in [-0.2, -0.15) is 0 Å². The predicted molar refractivity (Wildman–Crippen MR) is 93.8 cm³/mol. The van der Waals surface area contributed by atoms with Crippen LogP contribution in [0.4, 0.5) is 0 Å². The van der Waals surface area contributed by atoms with Crippen molar-refractivity contribution in [3.63, 3.8) is 0 Å². The van der Waals surface area contributed by atoms with Crippen molar-refractivity contribution in [2.24, 2.45) is 5.73 Å². The molecule has 0 unspecified atom stereocenters. The van der Waals surface area contributed by atoms with Crippen LogP contribution in [0.2, 0.25) is 0 Å². The van der Waals surface area contributed by atoms with Gasteiger partial charge in [0.05, 0.1) is 19.5 Å². The molecule has 2 atom stereocenters. The minimum absolute atomic E-state index is 0.221. The van der Waals surface area contributed by atoms with Crippen LogP contribution in [0.25, 0.3) is 0 Å². The SMILES string of the molecule is NC(=O)C[C@@H]1NC(=O)CNC(=O)[C@H](Cc2ccccc2)NC(=O)CNC1=O. The lowest BCUT2D eigenvalue weighted by molar-refractivity contribution is -0.134. The Labute approximate surface area is 155 Å². The maximum absolute atomic E-state index is 12.4. The van der Waals surface area contributed by atoms with Gasteiger partial charge in [0.1, 0.15) is 12.1 Å². The largest absolute Gasteiger partial charge is 0.370 e. The van der Waals surface area contributed by atoms with Crippen molar-refractivity contribution in [1.82, 2.24) is 21.3 Å². The van der Waals surface area contributed by atoms with Crippen LogP contribution in [0.5, 0.6) is 0 Å². The van der Waals surface area contributed by atoms with Gasteiger partial charge in [0.2, 0.25) is 29.5 Å². The zero-order chi connectivity index (χ0) is 19.8. The van der Waals surface area contributed by atoms with Crippen LogP contribution in [0.3, 0.4) is 0 Å². The summed E-state index contributed by atoms with van der Waals surface area (Å²) in [6.07, 6.45) is -0.206. The molecule has 1 aliphatic heterocycles. The minimum atomic E-state index is -1.22. The quantitative estimate of drug-likeness (QED) is 0.387. The molecule has 27 heavy (non-hydrogen) atoms. The van der Waals surface area contributed by atoms with E-state index in [1.165, 1.54) is 0 Å². The maximum Gasteiger partial charge on any atom is 0.243 e. The molecule has 0 aliphatic carbocycles. The molecule has 0 bridgehead atoms. The summed E-state index contributed by atoms with van der Waals surface area (Å²) in [6.45, 7) is -0.828. The Hall–Kier alpha value is -3.43. The standard InChI is InChI=1S/C17H21N5O5/c18-13(23)7-12-17(27)20-8-14(24)21-11(6-10-4-2-1-3-5-10)16(26)19-9-15(25)22-12/h1-5,11-12H,6-9H2,(H2,18,23)(H,19,26)(H,20,27)(H,21,24)(H,22,25)/t11-,12-/m0/s1. The van der Waals surface area contributed by atoms with Gasteiger partial charge in [-0.1, -0.05) is 30.3 Å². The number of rotatable bonds is 4. The Balaban J connectivity index is 2.12. The molecule has 144 valence electrons. The van der Waals surface area contributed by atoms with E-state index in [0.29, 0.717) is 0 Å². The number of amides is 5. The minimum Gasteiger partial charge on any atom is -0.370 e. The second kappa shape index (κ2) is 9.32. The molecule has 5 amide bonds. The summed E-state index contributed by atoms with van der Waals surface area (Å²) in [6, 6.07) is 6.90. The highest BCUT2D eigenvalue weighted by molar-refractivity contribution is 5.96. The third kappa shape index (κ3) is 6.42. The lowest BCUT2D eigenvalue weighted by atomic mass is 10.1. The van der Waals surface area contributed by atoms with E-state index in [1.54, 1.807) is 24.3 Å². The van der Waals surface area contributed by atoms with E-state index in [-0.39, 0.29) is 6.42 Å². The fourth-order valence-corrected chi connectivity index (χ4v) is 2.54. The first-order valence-electron chi connectivity index (χ1n) is 8.31. The Bertz CT molecular complexity index is 736. The molecule has 1 aromatic rings. The molecule has 0 radical (unpaired) electrons. The number of primary amides is 1. The van der Waals surface area contributed by atoms with Gasteiger partial charge in [-0.15, -0.1) is 0 Å². The van der Waals surface area contributed by atoms with Crippen molar-refractivity contribution in [3.05, 3.63) is 35.9 Å². The van der Waals surface area contributed by atoms with Crippen LogP contribution < -0.4 is 27.0 Å². The lowest BCUT2D eigenvalue weighted by Crippen LogP contribution is -2.57. The topological polar surface area (TPSA) is 159 Å². The van der Waals surface area contributed by atoms with Crippen LogP contribution >= 0.6 is 0 Å². The van der Waals surface area contributed by atoms with Crippen molar-refractivity contribution in [2.45, 2.75) is 24.9 Å². The Kier molecular flexibility index (Phi) is 6.86. The van der Waals surface area contributed by atoms with Gasteiger partial charge in [-0.05, 0) is 5.56 Å². The fraction of sp³-hybridized carbons (Fsp3) is 0.353. The number of hydrogen-bond donors (Lipinski definition) is 5. The van der Waals surface area contributed by atoms with Crippen LogP contribution in [0.15, 0.2) is 30.3 Å². The Morgan fingerprint density at radius 1 is 0.889 bits per heavy atom. The molecule has 1 aromatic carbocycles. The molecule has 0 aromatic heterocycles. The predicted octanol–water partition coefficient (Wildman–Crippen LogP) is -2.68. The molecule has 1 heterocycles. The zero-order valence-corrected chi connectivity index (χ0v) is 14.5. The smallest absolute Gasteiger partial charge is 0.243 e. The summed E-state index contributed by atoms with van der Waals surface area (Å²) >= 11 is 0. The fourth-order valence-electron chi connectivity index (χ4n) is 2.54. The summed E-state index contributed by atoms with van der Waals surface area (Å²) < 4.78 is 0. The zero-order valence-electron chi connectivity index (χ0n) is 14.5. The molecule has 0 saturated carbocycles. The monoisotopic (exact) mass is 375 g/mol. The van der Waals surface area contributed by atoms with Crippen molar-refractivity contribution in [1.29, 1.82) is 0 Å². The highest BCUT2D eigenvalue weighted by Gasteiger charge is 2.27. The molecule has 10 heteroatoms. The number of carbonyl (C=O) groups excluding carboxylic acids is 5. The van der Waals surface area contributed by atoms with Gasteiger partial charge in [-0.3, -0.25) is 24.0 Å². The Morgan fingerprint density at radius 3 is 1.96 bits per heavy atom. The summed E-state index contributed by atoms with van der Waals surface area (Å²) in [5.41, 5.74) is 5.89. The second-order valence-electron chi connectivity index (χ2n) is 6.04. The van der Waals surface area contributed by atoms with E-state index in [2.05, 4.69) is 21.3 Å². The van der Waals surface area contributed by atoms with Crippen molar-refractivity contribution in [2.75, 3.05) is 13.1 Å². The van der Waals surface area contributed by atoms with Gasteiger partial charge in [-0.25, -0.2) is 0 Å². The first kappa shape index (κ1) is 19.9. The lowest BCUT2D eigenvalue weighted by Gasteiger charge is -2.22. The summed E-state index contributed by atoms with van der Waals surface area (Å²) in [7, 11) is 0. The van der Waals surface area contributed by atoms with Crippen LogP contribution in [-0.4, -0.2) is 54.7 Å². The molecular formula is C17H21N5O5. The average Bonchev–Trinajstić information content (AvgIpc) is 2.63. The molecule has 10 nitrogen and oxygen atoms in total. The van der Waals surface area contributed by atoms with Crippen molar-refractivity contribution in [3.8, 4) is 0 Å². The third-order valence-electron chi connectivity index (χ3n) is 3.84. The van der Waals surface area contributed by atoms with Crippen molar-refractivity contribution < 1.29 is 24.0 Å². The van der Waals surface area contributed by atoms with Gasteiger partial charge >= 0.3 is 0 Å². The summed E-state index contributed by atoms with van der Waals surface area (Å²) in [5.74, 6) is -3.29. The van der Waals surface area contributed by atoms with E-state index in [0.717, 1.165) is 5.56 Å². The van der Waals surface area contributed by atoms with E-state index in [9.17, 15) is 24.0 Å². The molecule has 6 N–H and O–H groups in total. The van der Waals surface area contributed by atoms with Crippen LogP contribution in [-0.2, 0) is 30.4 Å². The normalized spacial score (nSPS) is 21.6. The highest BCUT2D eigenvalue weighted by Crippen LogP contribution is 2.04. The van der Waals surface area contributed by atoms with E-state index < -0.39 is 61.1 Å². The number of nitrogens with one attached hydrogen (secondary N) is 4. The molecule has 1 saturated heterocycles. The highest BCUT2D eigenvalue weighted by atomic mass is 16.2. The van der Waals surface area contributed by atoms with Crippen LogP contribution in [0.1, 0.15) is 12.0 Å². The molecule has 1 fully saturated rings. The van der Waals surface area contributed by atoms with E-state index in [4.69, 9.17) is 5.73 Å². The first-order valence-corrected chi connectivity index (χ1v) is 8.31. The summed E-state index contributed by atoms with van der Waals surface area (Å²) in [5, 5.41) is 9.59. The first-order chi connectivity index (χ1) is 12.8. The number of benzene rings is 1. The third-order valence-corrected chi connectivity index (χ3v) is 3.84. The van der Waals surface area contributed by atoms with Crippen molar-refractivity contribution >= 4 is 29.5 Å².